The fourth-order valence-corrected chi connectivity index (χ4v) is 1.60. The van der Waals surface area contributed by atoms with Gasteiger partial charge >= 0.3 is 0 Å². The van der Waals surface area contributed by atoms with E-state index in [1.807, 2.05) is 12.1 Å². The molecule has 0 unspecified atom stereocenters. The first-order valence-corrected chi connectivity index (χ1v) is 6.22. The van der Waals surface area contributed by atoms with E-state index in [4.69, 9.17) is 15.0 Å². The lowest BCUT2D eigenvalue weighted by Crippen LogP contribution is -2.10. The van der Waals surface area contributed by atoms with Crippen molar-refractivity contribution in [3.05, 3.63) is 36.0 Å². The first-order valence-electron chi connectivity index (χ1n) is 6.22. The van der Waals surface area contributed by atoms with E-state index >= 15 is 0 Å². The zero-order valence-electron chi connectivity index (χ0n) is 11.5. The molecule has 1 heterocycles. The average Bonchev–Trinajstić information content (AvgIpc) is 2.73. The van der Waals surface area contributed by atoms with Crippen molar-refractivity contribution in [1.82, 2.24) is 10.1 Å². The molecule has 19 heavy (non-hydrogen) atoms. The van der Waals surface area contributed by atoms with Gasteiger partial charge in [0.15, 0.2) is 12.4 Å². The molecule has 102 valence electrons. The summed E-state index contributed by atoms with van der Waals surface area (Å²) in [5.41, 5.74) is 6.44. The van der Waals surface area contributed by atoms with Crippen LogP contribution in [0.5, 0.6) is 5.75 Å². The van der Waals surface area contributed by atoms with Gasteiger partial charge in [0, 0.05) is 12.1 Å². The van der Waals surface area contributed by atoms with Gasteiger partial charge in [0.05, 0.1) is 0 Å². The van der Waals surface area contributed by atoms with Gasteiger partial charge in [0.2, 0.25) is 0 Å². The fraction of sp³-hybridized carbons (Fsp3) is 0.429. The fourth-order valence-electron chi connectivity index (χ4n) is 1.60. The number of nitrogens with two attached hydrogens (primary N) is 1. The topological polar surface area (TPSA) is 74.2 Å². The second-order valence-electron chi connectivity index (χ2n) is 5.70. The van der Waals surface area contributed by atoms with Crippen molar-refractivity contribution in [2.24, 2.45) is 5.41 Å². The molecule has 0 amide bonds. The molecule has 0 fully saturated rings. The maximum Gasteiger partial charge on any atom is 0.264 e. The minimum Gasteiger partial charge on any atom is -0.484 e. The minimum absolute atomic E-state index is 0.138. The molecule has 0 saturated carbocycles. The molecule has 0 aliphatic heterocycles. The van der Waals surface area contributed by atoms with Crippen LogP contribution in [0.1, 0.15) is 32.5 Å². The van der Waals surface area contributed by atoms with E-state index in [2.05, 4.69) is 30.9 Å². The maximum absolute atomic E-state index is 5.60. The van der Waals surface area contributed by atoms with Crippen molar-refractivity contribution in [3.8, 4) is 5.75 Å². The molecule has 1 aromatic carbocycles. The zero-order valence-corrected chi connectivity index (χ0v) is 11.5. The molecule has 0 radical (unpaired) electrons. The SMILES string of the molecule is CC(C)(C)Cc1noc(COc2ccc(N)cc2)n1. The average molecular weight is 261 g/mol. The predicted octanol–water partition coefficient (Wildman–Crippen LogP) is 2.82. The van der Waals surface area contributed by atoms with E-state index in [-0.39, 0.29) is 12.0 Å². The number of rotatable bonds is 4. The monoisotopic (exact) mass is 261 g/mol. The molecule has 2 N–H and O–H groups in total. The van der Waals surface area contributed by atoms with E-state index in [9.17, 15) is 0 Å². The Bertz CT molecular complexity index is 526. The molecule has 0 aliphatic carbocycles. The van der Waals surface area contributed by atoms with Gasteiger partial charge in [-0.2, -0.15) is 4.98 Å². The molecule has 5 heteroatoms. The maximum atomic E-state index is 5.60. The predicted molar refractivity (Wildman–Crippen MR) is 72.6 cm³/mol. The Hall–Kier alpha value is -2.04. The third-order valence-corrected chi connectivity index (χ3v) is 2.44. The number of hydrogen-bond donors (Lipinski definition) is 1. The van der Waals surface area contributed by atoms with Crippen molar-refractivity contribution in [2.75, 3.05) is 5.73 Å². The largest absolute Gasteiger partial charge is 0.484 e. The molecule has 0 bridgehead atoms. The lowest BCUT2D eigenvalue weighted by atomic mass is 9.92. The molecular weight excluding hydrogens is 242 g/mol. The highest BCUT2D eigenvalue weighted by molar-refractivity contribution is 5.41. The lowest BCUT2D eigenvalue weighted by molar-refractivity contribution is 0.242. The summed E-state index contributed by atoms with van der Waals surface area (Å²) >= 11 is 0. The second kappa shape index (κ2) is 5.30. The Morgan fingerprint density at radius 1 is 1.21 bits per heavy atom. The van der Waals surface area contributed by atoms with Crippen LogP contribution >= 0.6 is 0 Å². The highest BCUT2D eigenvalue weighted by Gasteiger charge is 2.16. The van der Waals surface area contributed by atoms with Crippen LogP contribution in [0.25, 0.3) is 0 Å². The van der Waals surface area contributed by atoms with E-state index in [0.717, 1.165) is 12.2 Å². The minimum atomic E-state index is 0.138. The van der Waals surface area contributed by atoms with Crippen LogP contribution in [0.4, 0.5) is 5.69 Å². The smallest absolute Gasteiger partial charge is 0.264 e. The standard InChI is InChI=1S/C14H19N3O2/c1-14(2,3)8-12-16-13(19-17-12)9-18-11-6-4-10(15)5-7-11/h4-7H,8-9,15H2,1-3H3. The van der Waals surface area contributed by atoms with Crippen molar-refractivity contribution < 1.29 is 9.26 Å². The Balaban J connectivity index is 1.91. The van der Waals surface area contributed by atoms with Crippen LogP contribution in [0.3, 0.4) is 0 Å². The van der Waals surface area contributed by atoms with Gasteiger partial charge in [-0.15, -0.1) is 0 Å². The molecule has 0 saturated heterocycles. The van der Waals surface area contributed by atoms with Crippen molar-refractivity contribution >= 4 is 5.69 Å². The van der Waals surface area contributed by atoms with Gasteiger partial charge in [0.1, 0.15) is 5.75 Å². The lowest BCUT2D eigenvalue weighted by Gasteiger charge is -2.14. The van der Waals surface area contributed by atoms with Crippen LogP contribution in [-0.4, -0.2) is 10.1 Å². The summed E-state index contributed by atoms with van der Waals surface area (Å²) in [5, 5.41) is 3.94. The quantitative estimate of drug-likeness (QED) is 0.856. The molecular formula is C14H19N3O2. The molecule has 2 aromatic rings. The number of ether oxygens (including phenoxy) is 1. The van der Waals surface area contributed by atoms with Crippen molar-refractivity contribution in [3.63, 3.8) is 0 Å². The number of nitrogens with zero attached hydrogens (tertiary/aromatic N) is 2. The van der Waals surface area contributed by atoms with Gasteiger partial charge in [-0.1, -0.05) is 25.9 Å². The van der Waals surface area contributed by atoms with Crippen LogP contribution < -0.4 is 10.5 Å². The molecule has 5 nitrogen and oxygen atoms in total. The number of nitrogen functional groups attached to an aromatic ring is 1. The summed E-state index contributed by atoms with van der Waals surface area (Å²) in [6, 6.07) is 7.19. The van der Waals surface area contributed by atoms with Crippen LogP contribution in [0.2, 0.25) is 0 Å². The van der Waals surface area contributed by atoms with Gasteiger partial charge in [-0.25, -0.2) is 0 Å². The van der Waals surface area contributed by atoms with E-state index < -0.39 is 0 Å². The third-order valence-electron chi connectivity index (χ3n) is 2.44. The summed E-state index contributed by atoms with van der Waals surface area (Å²) in [4.78, 5) is 4.30. The summed E-state index contributed by atoms with van der Waals surface area (Å²) in [6.07, 6.45) is 0.776. The summed E-state index contributed by atoms with van der Waals surface area (Å²) in [7, 11) is 0. The number of aromatic nitrogens is 2. The van der Waals surface area contributed by atoms with E-state index in [1.54, 1.807) is 12.1 Å². The number of benzene rings is 1. The summed E-state index contributed by atoms with van der Waals surface area (Å²) < 4.78 is 10.7. The van der Waals surface area contributed by atoms with E-state index in [0.29, 0.717) is 17.4 Å². The molecule has 2 rings (SSSR count). The Morgan fingerprint density at radius 2 is 1.89 bits per heavy atom. The highest BCUT2D eigenvalue weighted by atomic mass is 16.5. The summed E-state index contributed by atoms with van der Waals surface area (Å²) in [6.45, 7) is 6.66. The molecule has 0 atom stereocenters. The normalized spacial score (nSPS) is 11.5. The van der Waals surface area contributed by atoms with Gasteiger partial charge in [0.25, 0.3) is 5.89 Å². The molecule has 1 aromatic heterocycles. The Kier molecular flexibility index (Phi) is 3.74. The number of hydrogen-bond acceptors (Lipinski definition) is 5. The Labute approximate surface area is 112 Å². The van der Waals surface area contributed by atoms with Gasteiger partial charge < -0.3 is 15.0 Å². The van der Waals surface area contributed by atoms with E-state index in [1.165, 1.54) is 0 Å². The van der Waals surface area contributed by atoms with Crippen LogP contribution in [0.15, 0.2) is 28.8 Å². The van der Waals surface area contributed by atoms with Gasteiger partial charge in [-0.05, 0) is 29.7 Å². The van der Waals surface area contributed by atoms with Crippen molar-refractivity contribution in [2.45, 2.75) is 33.8 Å². The molecule has 0 spiro atoms. The highest BCUT2D eigenvalue weighted by Crippen LogP contribution is 2.19. The summed E-state index contributed by atoms with van der Waals surface area (Å²) in [5.74, 6) is 1.92. The van der Waals surface area contributed by atoms with Gasteiger partial charge in [-0.3, -0.25) is 0 Å². The van der Waals surface area contributed by atoms with Crippen LogP contribution in [0, 0.1) is 5.41 Å². The Morgan fingerprint density at radius 3 is 2.53 bits per heavy atom. The van der Waals surface area contributed by atoms with Crippen LogP contribution in [-0.2, 0) is 13.0 Å². The first kappa shape index (κ1) is 13.4. The van der Waals surface area contributed by atoms with Crippen molar-refractivity contribution in [1.29, 1.82) is 0 Å². The molecule has 0 aliphatic rings. The first-order chi connectivity index (χ1) is 8.92. The number of anilines is 1. The second-order valence-corrected chi connectivity index (χ2v) is 5.70. The zero-order chi connectivity index (χ0) is 13.9. The third kappa shape index (κ3) is 4.28.